The fourth-order valence-electron chi connectivity index (χ4n) is 4.12. The maximum absolute atomic E-state index is 13.8. The molecule has 8 heteroatoms. The number of anilines is 2. The summed E-state index contributed by atoms with van der Waals surface area (Å²) in [5.41, 5.74) is 2.62. The van der Waals surface area contributed by atoms with Gasteiger partial charge in [-0.3, -0.25) is 10.1 Å². The zero-order chi connectivity index (χ0) is 21.6. The monoisotopic (exact) mass is 426 g/mol. The van der Waals surface area contributed by atoms with Gasteiger partial charge in [-0.25, -0.2) is 4.39 Å². The van der Waals surface area contributed by atoms with Gasteiger partial charge < -0.3 is 5.32 Å². The van der Waals surface area contributed by atoms with E-state index in [1.165, 1.54) is 24.3 Å². The van der Waals surface area contributed by atoms with Crippen molar-refractivity contribution >= 4 is 22.4 Å². The lowest BCUT2D eigenvalue weighted by Gasteiger charge is -2.21. The number of rotatable bonds is 3. The number of aryl methyl sites for hydroxylation is 1. The summed E-state index contributed by atoms with van der Waals surface area (Å²) >= 11 is 0. The predicted molar refractivity (Wildman–Crippen MR) is 111 cm³/mol. The van der Waals surface area contributed by atoms with Crippen LogP contribution in [0.4, 0.5) is 29.1 Å². The summed E-state index contributed by atoms with van der Waals surface area (Å²) in [5.74, 6) is 0.0250. The summed E-state index contributed by atoms with van der Waals surface area (Å²) < 4.78 is 54.6. The topological polar surface area (TPSA) is 53.6 Å². The highest BCUT2D eigenvalue weighted by Crippen LogP contribution is 2.39. The fourth-order valence-corrected chi connectivity index (χ4v) is 4.12. The first-order valence-corrected chi connectivity index (χ1v) is 10.0. The summed E-state index contributed by atoms with van der Waals surface area (Å²) in [4.78, 5) is 4.60. The van der Waals surface area contributed by atoms with Crippen molar-refractivity contribution in [1.29, 1.82) is 0 Å². The summed E-state index contributed by atoms with van der Waals surface area (Å²) in [6, 6.07) is 11.4. The van der Waals surface area contributed by atoms with Crippen LogP contribution in [0.15, 0.2) is 48.5 Å². The van der Waals surface area contributed by atoms with E-state index in [1.807, 2.05) is 0 Å². The molecule has 4 nitrogen and oxygen atoms in total. The lowest BCUT2D eigenvalue weighted by molar-refractivity contribution is -0.137. The van der Waals surface area contributed by atoms with Crippen LogP contribution >= 0.6 is 0 Å². The Morgan fingerprint density at radius 1 is 0.968 bits per heavy atom. The van der Waals surface area contributed by atoms with E-state index in [0.717, 1.165) is 36.6 Å². The largest absolute Gasteiger partial charge is 0.417 e. The van der Waals surface area contributed by atoms with Crippen molar-refractivity contribution in [2.75, 3.05) is 5.32 Å². The molecular formula is C23H18F4N4. The molecule has 0 saturated carbocycles. The smallest absolute Gasteiger partial charge is 0.338 e. The van der Waals surface area contributed by atoms with Gasteiger partial charge in [0.25, 0.3) is 0 Å². The number of benzene rings is 2. The standard InChI is InChI=1S/C23H18F4N4/c24-13-9-10-19-16(11-13)22(31-30-19)29-21-12-20(28-18-8-4-2-6-15(18)21)14-5-1-3-7-17(14)23(25,26)27/h1,3,5,7,9-12H,2,4,6,8H2,(H2,28,29,30,31). The molecule has 5 rings (SSSR count). The molecule has 0 saturated heterocycles. The molecule has 158 valence electrons. The van der Waals surface area contributed by atoms with E-state index in [4.69, 9.17) is 0 Å². The molecule has 0 bridgehead atoms. The number of hydrogen-bond acceptors (Lipinski definition) is 3. The van der Waals surface area contributed by atoms with Gasteiger partial charge in [-0.15, -0.1) is 0 Å². The molecule has 2 aromatic heterocycles. The first-order valence-electron chi connectivity index (χ1n) is 10.0. The van der Waals surface area contributed by atoms with Crippen LogP contribution in [0.1, 0.15) is 29.7 Å². The quantitative estimate of drug-likeness (QED) is 0.373. The van der Waals surface area contributed by atoms with Gasteiger partial charge in [0.2, 0.25) is 0 Å². The van der Waals surface area contributed by atoms with Crippen LogP contribution in [0.25, 0.3) is 22.2 Å². The molecule has 0 atom stereocenters. The Hall–Kier alpha value is -3.42. The molecule has 2 N–H and O–H groups in total. The highest BCUT2D eigenvalue weighted by Gasteiger charge is 2.34. The molecule has 0 spiro atoms. The third-order valence-electron chi connectivity index (χ3n) is 5.59. The van der Waals surface area contributed by atoms with Crippen molar-refractivity contribution in [2.24, 2.45) is 0 Å². The van der Waals surface area contributed by atoms with Crippen molar-refractivity contribution in [3.8, 4) is 11.3 Å². The Morgan fingerprint density at radius 3 is 2.61 bits per heavy atom. The SMILES string of the molecule is Fc1ccc2[nH]nc(Nc3cc(-c4ccccc4C(F)(F)F)nc4c3CCCC4)c2c1. The second-order valence-electron chi connectivity index (χ2n) is 7.62. The van der Waals surface area contributed by atoms with Crippen molar-refractivity contribution in [3.05, 3.63) is 71.2 Å². The van der Waals surface area contributed by atoms with E-state index in [2.05, 4.69) is 20.5 Å². The van der Waals surface area contributed by atoms with Gasteiger partial charge in [0.15, 0.2) is 5.82 Å². The average Bonchev–Trinajstić information content (AvgIpc) is 3.15. The van der Waals surface area contributed by atoms with E-state index in [-0.39, 0.29) is 11.3 Å². The minimum atomic E-state index is -4.49. The normalized spacial score (nSPS) is 13.9. The van der Waals surface area contributed by atoms with Gasteiger partial charge in [0, 0.05) is 22.3 Å². The minimum Gasteiger partial charge on any atom is -0.338 e. The maximum atomic E-state index is 13.8. The van der Waals surface area contributed by atoms with Crippen molar-refractivity contribution in [1.82, 2.24) is 15.2 Å². The molecule has 0 aliphatic heterocycles. The number of aromatic nitrogens is 3. The second-order valence-corrected chi connectivity index (χ2v) is 7.62. The Morgan fingerprint density at radius 2 is 1.77 bits per heavy atom. The minimum absolute atomic E-state index is 0.0318. The number of fused-ring (bicyclic) bond motifs is 2. The molecule has 0 amide bonds. The van der Waals surface area contributed by atoms with Crippen molar-refractivity contribution < 1.29 is 17.6 Å². The highest BCUT2D eigenvalue weighted by atomic mass is 19.4. The highest BCUT2D eigenvalue weighted by molar-refractivity contribution is 5.92. The first-order chi connectivity index (χ1) is 14.9. The number of H-pyrrole nitrogens is 1. The number of alkyl halides is 3. The summed E-state index contributed by atoms with van der Waals surface area (Å²) in [7, 11) is 0. The average molecular weight is 426 g/mol. The second kappa shape index (κ2) is 7.37. The van der Waals surface area contributed by atoms with E-state index in [1.54, 1.807) is 18.2 Å². The summed E-state index contributed by atoms with van der Waals surface area (Å²) in [6.45, 7) is 0. The zero-order valence-electron chi connectivity index (χ0n) is 16.4. The number of pyridine rings is 1. The Kier molecular flexibility index (Phi) is 4.64. The Bertz CT molecular complexity index is 1280. The third-order valence-corrected chi connectivity index (χ3v) is 5.59. The van der Waals surface area contributed by atoms with Crippen LogP contribution < -0.4 is 5.32 Å². The predicted octanol–water partition coefficient (Wildman–Crippen LogP) is 6.41. The Balaban J connectivity index is 1.65. The van der Waals surface area contributed by atoms with Gasteiger partial charge in [0.1, 0.15) is 5.82 Å². The molecule has 2 aromatic carbocycles. The summed E-state index contributed by atoms with van der Waals surface area (Å²) in [5, 5.41) is 10.9. The first kappa shape index (κ1) is 19.5. The van der Waals surface area contributed by atoms with E-state index < -0.39 is 17.6 Å². The lowest BCUT2D eigenvalue weighted by Crippen LogP contribution is -2.12. The van der Waals surface area contributed by atoms with Crippen LogP contribution in [0.5, 0.6) is 0 Å². The van der Waals surface area contributed by atoms with Crippen LogP contribution in [0.3, 0.4) is 0 Å². The lowest BCUT2D eigenvalue weighted by atomic mass is 9.92. The van der Waals surface area contributed by atoms with Gasteiger partial charge in [0.05, 0.1) is 16.8 Å². The molecule has 1 aliphatic rings. The van der Waals surface area contributed by atoms with Crippen molar-refractivity contribution in [3.63, 3.8) is 0 Å². The van der Waals surface area contributed by atoms with E-state index >= 15 is 0 Å². The number of nitrogens with one attached hydrogen (secondary N) is 2. The molecule has 0 unspecified atom stereocenters. The molecular weight excluding hydrogens is 408 g/mol. The number of aromatic amines is 1. The van der Waals surface area contributed by atoms with Gasteiger partial charge in [-0.1, -0.05) is 18.2 Å². The van der Waals surface area contributed by atoms with Crippen LogP contribution in [0.2, 0.25) is 0 Å². The molecule has 2 heterocycles. The van der Waals surface area contributed by atoms with Gasteiger partial charge in [-0.05, 0) is 61.6 Å². The molecule has 0 radical (unpaired) electrons. The molecule has 4 aromatic rings. The van der Waals surface area contributed by atoms with E-state index in [0.29, 0.717) is 28.8 Å². The third kappa shape index (κ3) is 3.62. The Labute approximate surface area is 175 Å². The van der Waals surface area contributed by atoms with Crippen LogP contribution in [-0.2, 0) is 19.0 Å². The number of halogens is 4. The summed E-state index contributed by atoms with van der Waals surface area (Å²) in [6.07, 6.45) is -1.12. The van der Waals surface area contributed by atoms with Gasteiger partial charge in [-0.2, -0.15) is 18.3 Å². The number of nitrogens with zero attached hydrogens (tertiary/aromatic N) is 2. The van der Waals surface area contributed by atoms with Crippen LogP contribution in [0, 0.1) is 5.82 Å². The van der Waals surface area contributed by atoms with Crippen molar-refractivity contribution in [2.45, 2.75) is 31.9 Å². The number of hydrogen-bond donors (Lipinski definition) is 2. The van der Waals surface area contributed by atoms with Crippen LogP contribution in [-0.4, -0.2) is 15.2 Å². The van der Waals surface area contributed by atoms with E-state index in [9.17, 15) is 17.6 Å². The fraction of sp³-hybridized carbons (Fsp3) is 0.217. The molecule has 1 aliphatic carbocycles. The zero-order valence-corrected chi connectivity index (χ0v) is 16.4. The molecule has 31 heavy (non-hydrogen) atoms. The maximum Gasteiger partial charge on any atom is 0.417 e. The molecule has 0 fully saturated rings. The van der Waals surface area contributed by atoms with Gasteiger partial charge >= 0.3 is 6.18 Å².